The summed E-state index contributed by atoms with van der Waals surface area (Å²) >= 11 is 7.93. The Morgan fingerprint density at radius 2 is 2.06 bits per heavy atom. The summed E-state index contributed by atoms with van der Waals surface area (Å²) in [5, 5.41) is 17.0. The molecule has 0 aliphatic carbocycles. The zero-order chi connectivity index (χ0) is 23.6. The number of guanidine groups is 1. The number of nitrogens with one attached hydrogen (secondary N) is 2. The minimum atomic E-state index is 0.539. The molecule has 1 aliphatic heterocycles. The molecule has 2 N–H and O–H groups in total. The van der Waals surface area contributed by atoms with Gasteiger partial charge in [0.2, 0.25) is 5.96 Å². The molecule has 0 amide bonds. The van der Waals surface area contributed by atoms with Crippen molar-refractivity contribution in [2.75, 3.05) is 30.3 Å². The lowest BCUT2D eigenvalue weighted by atomic mass is 10.1. The van der Waals surface area contributed by atoms with Crippen molar-refractivity contribution in [1.82, 2.24) is 4.90 Å². The molecule has 8 heteroatoms. The molecule has 0 aromatic heterocycles. The van der Waals surface area contributed by atoms with Crippen LogP contribution in [0.3, 0.4) is 0 Å². The van der Waals surface area contributed by atoms with E-state index in [4.69, 9.17) is 17.0 Å². The number of halogens is 1. The lowest BCUT2D eigenvalue weighted by Crippen LogP contribution is -2.41. The first kappa shape index (κ1) is 25.2. The molecule has 0 bridgehead atoms. The number of nitrogens with zero attached hydrogens (tertiary/aromatic N) is 3. The van der Waals surface area contributed by atoms with Gasteiger partial charge >= 0.3 is 0 Å². The van der Waals surface area contributed by atoms with Crippen LogP contribution in [0.5, 0.6) is 5.75 Å². The Morgan fingerprint density at radius 3 is 2.79 bits per heavy atom. The standard InChI is InChI=1S/C25H30IN5OS/c1-3-5-6-7-13-32-23-18(4-2)14-22(15-19(23)17-27)29-24-28-11-12-31(24)25(33)30-21-10-8-9-20(26)16-21/h8-10,14-16H,3-7,11-13H2,1-2H3,(H,28,29)(H,30,33). The van der Waals surface area contributed by atoms with Crippen LogP contribution in [0.25, 0.3) is 0 Å². The highest BCUT2D eigenvalue weighted by Gasteiger charge is 2.22. The second-order valence-electron chi connectivity index (χ2n) is 7.81. The molecular weight excluding hydrogens is 545 g/mol. The quantitative estimate of drug-likeness (QED) is 0.212. The molecule has 0 radical (unpaired) electrons. The number of ether oxygens (including phenoxy) is 1. The Kier molecular flexibility index (Phi) is 9.76. The molecule has 33 heavy (non-hydrogen) atoms. The van der Waals surface area contributed by atoms with E-state index in [1.807, 2.05) is 41.3 Å². The maximum atomic E-state index is 9.76. The minimum Gasteiger partial charge on any atom is -0.492 e. The van der Waals surface area contributed by atoms with Gasteiger partial charge in [-0.3, -0.25) is 9.89 Å². The second-order valence-corrected chi connectivity index (χ2v) is 9.44. The van der Waals surface area contributed by atoms with Crippen LogP contribution >= 0.6 is 34.8 Å². The zero-order valence-corrected chi connectivity index (χ0v) is 22.1. The van der Waals surface area contributed by atoms with E-state index in [-0.39, 0.29) is 0 Å². The predicted octanol–water partition coefficient (Wildman–Crippen LogP) is 6.16. The smallest absolute Gasteiger partial charge is 0.204 e. The molecule has 2 aromatic carbocycles. The van der Waals surface area contributed by atoms with Crippen LogP contribution in [-0.4, -0.2) is 35.7 Å². The molecule has 0 atom stereocenters. The van der Waals surface area contributed by atoms with Crippen molar-refractivity contribution in [2.24, 2.45) is 4.99 Å². The van der Waals surface area contributed by atoms with Gasteiger partial charge in [0.15, 0.2) is 5.11 Å². The Balaban J connectivity index is 1.71. The van der Waals surface area contributed by atoms with Gasteiger partial charge in [-0.2, -0.15) is 5.26 Å². The summed E-state index contributed by atoms with van der Waals surface area (Å²) in [4.78, 5) is 6.54. The van der Waals surface area contributed by atoms with Gasteiger partial charge in [0.25, 0.3) is 0 Å². The van der Waals surface area contributed by atoms with E-state index in [9.17, 15) is 5.26 Å². The first-order valence-corrected chi connectivity index (χ1v) is 12.9. The largest absolute Gasteiger partial charge is 0.492 e. The van der Waals surface area contributed by atoms with Crippen LogP contribution in [0.4, 0.5) is 11.4 Å². The number of nitriles is 1. The van der Waals surface area contributed by atoms with E-state index < -0.39 is 0 Å². The number of rotatable bonds is 9. The first-order chi connectivity index (χ1) is 16.0. The van der Waals surface area contributed by atoms with Gasteiger partial charge in [0.05, 0.1) is 18.7 Å². The number of hydrogen-bond donors (Lipinski definition) is 2. The Hall–Kier alpha value is -2.38. The maximum Gasteiger partial charge on any atom is 0.204 e. The molecule has 0 fully saturated rings. The zero-order valence-electron chi connectivity index (χ0n) is 19.2. The van der Waals surface area contributed by atoms with Crippen molar-refractivity contribution in [3.05, 3.63) is 51.1 Å². The molecule has 1 aliphatic rings. The normalized spacial score (nSPS) is 12.8. The van der Waals surface area contributed by atoms with Crippen molar-refractivity contribution < 1.29 is 4.74 Å². The number of unbranched alkanes of at least 4 members (excludes halogenated alkanes) is 3. The van der Waals surface area contributed by atoms with Gasteiger partial charge in [0, 0.05) is 21.5 Å². The summed E-state index contributed by atoms with van der Waals surface area (Å²) < 4.78 is 7.17. The summed E-state index contributed by atoms with van der Waals surface area (Å²) in [6.07, 6.45) is 5.31. The van der Waals surface area contributed by atoms with Gasteiger partial charge in [0.1, 0.15) is 11.8 Å². The Bertz CT molecular complexity index is 1050. The van der Waals surface area contributed by atoms with Crippen LogP contribution < -0.4 is 15.4 Å². The van der Waals surface area contributed by atoms with Crippen LogP contribution in [0.15, 0.2) is 41.4 Å². The molecule has 6 nitrogen and oxygen atoms in total. The fourth-order valence-electron chi connectivity index (χ4n) is 3.62. The highest BCUT2D eigenvalue weighted by atomic mass is 127. The molecule has 0 saturated heterocycles. The lowest BCUT2D eigenvalue weighted by Gasteiger charge is -2.23. The number of anilines is 2. The summed E-state index contributed by atoms with van der Waals surface area (Å²) in [5.41, 5.74) is 3.30. The first-order valence-electron chi connectivity index (χ1n) is 11.4. The third-order valence-corrected chi connectivity index (χ3v) is 6.32. The van der Waals surface area contributed by atoms with E-state index in [2.05, 4.69) is 58.1 Å². The third kappa shape index (κ3) is 7.05. The molecule has 2 aromatic rings. The maximum absolute atomic E-state index is 9.76. The number of benzene rings is 2. The Labute approximate surface area is 215 Å². The van der Waals surface area contributed by atoms with E-state index in [1.165, 1.54) is 12.8 Å². The van der Waals surface area contributed by atoms with E-state index in [1.54, 1.807) is 0 Å². The highest BCUT2D eigenvalue weighted by Crippen LogP contribution is 2.29. The van der Waals surface area contributed by atoms with E-state index in [0.717, 1.165) is 39.8 Å². The Morgan fingerprint density at radius 1 is 1.21 bits per heavy atom. The predicted molar refractivity (Wildman–Crippen MR) is 148 cm³/mol. The van der Waals surface area contributed by atoms with Crippen molar-refractivity contribution in [1.29, 1.82) is 5.26 Å². The average Bonchev–Trinajstić information content (AvgIpc) is 3.27. The SMILES string of the molecule is CCCCCCOc1c(C#N)cc(NC2=NCCN2C(=S)Nc2cccc(I)c2)cc1CC. The number of aliphatic imine (C=N–C) groups is 1. The van der Waals surface area contributed by atoms with Crippen LogP contribution in [0, 0.1) is 14.9 Å². The molecule has 3 rings (SSSR count). The van der Waals surface area contributed by atoms with Crippen molar-refractivity contribution in [3.8, 4) is 11.8 Å². The summed E-state index contributed by atoms with van der Waals surface area (Å²) in [6.45, 7) is 6.25. The van der Waals surface area contributed by atoms with E-state index >= 15 is 0 Å². The number of aryl methyl sites for hydroxylation is 1. The topological polar surface area (TPSA) is 72.7 Å². The molecule has 174 valence electrons. The number of hydrogen-bond acceptors (Lipinski definition) is 5. The summed E-state index contributed by atoms with van der Waals surface area (Å²) in [7, 11) is 0. The van der Waals surface area contributed by atoms with Crippen LogP contribution in [0.1, 0.15) is 50.7 Å². The van der Waals surface area contributed by atoms with E-state index in [0.29, 0.717) is 42.1 Å². The monoisotopic (exact) mass is 575 g/mol. The highest BCUT2D eigenvalue weighted by molar-refractivity contribution is 14.1. The third-order valence-electron chi connectivity index (χ3n) is 5.33. The molecule has 0 saturated carbocycles. The molecule has 0 spiro atoms. The van der Waals surface area contributed by atoms with Gasteiger partial charge in [-0.15, -0.1) is 0 Å². The van der Waals surface area contributed by atoms with Gasteiger partial charge < -0.3 is 15.4 Å². The fraction of sp³-hybridized carbons (Fsp3) is 0.400. The molecule has 1 heterocycles. The summed E-state index contributed by atoms with van der Waals surface area (Å²) in [5.74, 6) is 1.38. The average molecular weight is 576 g/mol. The fourth-order valence-corrected chi connectivity index (χ4v) is 4.46. The minimum absolute atomic E-state index is 0.539. The summed E-state index contributed by atoms with van der Waals surface area (Å²) in [6, 6.07) is 14.2. The van der Waals surface area contributed by atoms with Crippen molar-refractivity contribution in [2.45, 2.75) is 46.0 Å². The molecular formula is C25H30IN5OS. The van der Waals surface area contributed by atoms with Gasteiger partial charge in [-0.05, 0) is 83.5 Å². The van der Waals surface area contributed by atoms with Gasteiger partial charge in [-0.25, -0.2) is 0 Å². The number of thiocarbonyl (C=S) groups is 1. The van der Waals surface area contributed by atoms with Gasteiger partial charge in [-0.1, -0.05) is 39.2 Å². The van der Waals surface area contributed by atoms with Crippen LogP contribution in [0.2, 0.25) is 0 Å². The lowest BCUT2D eigenvalue weighted by molar-refractivity contribution is 0.301. The van der Waals surface area contributed by atoms with Crippen molar-refractivity contribution in [3.63, 3.8) is 0 Å². The van der Waals surface area contributed by atoms with Crippen LogP contribution in [-0.2, 0) is 6.42 Å². The van der Waals surface area contributed by atoms with Crippen molar-refractivity contribution >= 4 is 57.3 Å². The molecule has 0 unspecified atom stereocenters. The second kappa shape index (κ2) is 12.8.